The van der Waals surface area contributed by atoms with Crippen LogP contribution in [-0.4, -0.2) is 36.9 Å². The Morgan fingerprint density at radius 3 is 2.32 bits per heavy atom. The second kappa shape index (κ2) is 10.4. The van der Waals surface area contributed by atoms with Gasteiger partial charge in [0, 0.05) is 18.8 Å². The number of carbonyl (C=O) groups excluding carboxylic acids is 1. The molecule has 1 fully saturated rings. The number of sulfonamides is 1. The third-order valence-corrected chi connectivity index (χ3v) is 7.86. The summed E-state index contributed by atoms with van der Waals surface area (Å²) in [6.45, 7) is 5.21. The molecule has 1 aromatic heterocycles. The third-order valence-electron chi connectivity index (χ3n) is 5.94. The van der Waals surface area contributed by atoms with Crippen molar-refractivity contribution in [3.8, 4) is 5.75 Å². The van der Waals surface area contributed by atoms with Gasteiger partial charge in [0.1, 0.15) is 18.1 Å². The molecule has 9 heteroatoms. The van der Waals surface area contributed by atoms with Crippen molar-refractivity contribution in [1.82, 2.24) is 9.46 Å². The van der Waals surface area contributed by atoms with Crippen LogP contribution in [-0.2, 0) is 27.8 Å². The van der Waals surface area contributed by atoms with Gasteiger partial charge in [-0.25, -0.2) is 8.42 Å². The van der Waals surface area contributed by atoms with Gasteiger partial charge in [-0.3, -0.25) is 4.79 Å². The molecule has 1 N–H and O–H groups in total. The molecule has 1 aliphatic heterocycles. The molecule has 34 heavy (non-hydrogen) atoms. The van der Waals surface area contributed by atoms with E-state index in [9.17, 15) is 13.2 Å². The van der Waals surface area contributed by atoms with Crippen LogP contribution in [0.15, 0.2) is 57.9 Å². The van der Waals surface area contributed by atoms with Gasteiger partial charge < -0.3 is 14.6 Å². The first-order valence-electron chi connectivity index (χ1n) is 11.4. The maximum atomic E-state index is 12.8. The van der Waals surface area contributed by atoms with E-state index in [4.69, 9.17) is 9.26 Å². The summed E-state index contributed by atoms with van der Waals surface area (Å²) in [4.78, 5) is 12.7. The van der Waals surface area contributed by atoms with E-state index in [1.807, 2.05) is 38.1 Å². The van der Waals surface area contributed by atoms with Crippen LogP contribution in [0.25, 0.3) is 0 Å². The highest BCUT2D eigenvalue weighted by Crippen LogP contribution is 2.22. The number of anilines is 1. The van der Waals surface area contributed by atoms with Crippen LogP contribution in [0.1, 0.15) is 41.8 Å². The van der Waals surface area contributed by atoms with E-state index in [0.717, 1.165) is 41.8 Å². The Kier molecular flexibility index (Phi) is 7.33. The minimum Gasteiger partial charge on any atom is -0.489 e. The second-order valence-corrected chi connectivity index (χ2v) is 10.4. The number of benzene rings is 2. The Hall–Kier alpha value is -3.17. The molecule has 4 rings (SSSR count). The molecule has 8 nitrogen and oxygen atoms in total. The molecule has 0 radical (unpaired) electrons. The smallest absolute Gasteiger partial charge is 0.243 e. The van der Waals surface area contributed by atoms with Gasteiger partial charge in [-0.2, -0.15) is 4.31 Å². The van der Waals surface area contributed by atoms with Crippen molar-refractivity contribution in [2.45, 2.75) is 51.0 Å². The molecule has 0 saturated carbocycles. The van der Waals surface area contributed by atoms with E-state index in [1.54, 1.807) is 24.3 Å². The van der Waals surface area contributed by atoms with E-state index in [-0.39, 0.29) is 17.2 Å². The fraction of sp³-hybridized carbons (Fsp3) is 0.360. The van der Waals surface area contributed by atoms with Crippen LogP contribution in [0.4, 0.5) is 5.69 Å². The highest BCUT2D eigenvalue weighted by Gasteiger charge is 2.25. The van der Waals surface area contributed by atoms with Crippen LogP contribution in [0.5, 0.6) is 5.75 Å². The maximum Gasteiger partial charge on any atom is 0.243 e. The van der Waals surface area contributed by atoms with Crippen molar-refractivity contribution >= 4 is 21.6 Å². The molecule has 1 amide bonds. The summed E-state index contributed by atoms with van der Waals surface area (Å²) in [6.07, 6.45) is 3.04. The number of hydrogen-bond donors (Lipinski definition) is 1. The molecule has 180 valence electrons. The summed E-state index contributed by atoms with van der Waals surface area (Å²) in [5.74, 6) is 1.24. The fourth-order valence-corrected chi connectivity index (χ4v) is 5.44. The number of aryl methyl sites for hydroxylation is 2. The lowest BCUT2D eigenvalue weighted by Crippen LogP contribution is -2.35. The second-order valence-electron chi connectivity index (χ2n) is 8.45. The van der Waals surface area contributed by atoms with Crippen molar-refractivity contribution < 1.29 is 22.5 Å². The number of aromatic nitrogens is 1. The topological polar surface area (TPSA) is 102 Å². The number of ether oxygens (including phenoxy) is 1. The molecule has 2 heterocycles. The molecule has 2 aromatic carbocycles. The van der Waals surface area contributed by atoms with Crippen LogP contribution in [0.3, 0.4) is 0 Å². The van der Waals surface area contributed by atoms with Gasteiger partial charge in [0.2, 0.25) is 15.9 Å². The van der Waals surface area contributed by atoms with E-state index in [0.29, 0.717) is 31.1 Å². The Bertz CT molecular complexity index is 1210. The number of carbonyl (C=O) groups is 1. The summed E-state index contributed by atoms with van der Waals surface area (Å²) >= 11 is 0. The number of piperidine rings is 1. The van der Waals surface area contributed by atoms with E-state index in [2.05, 4.69) is 10.5 Å². The van der Waals surface area contributed by atoms with Gasteiger partial charge in [-0.05, 0) is 68.7 Å². The zero-order valence-electron chi connectivity index (χ0n) is 19.4. The summed E-state index contributed by atoms with van der Waals surface area (Å²) in [5, 5.41) is 6.74. The lowest BCUT2D eigenvalue weighted by Gasteiger charge is -2.25. The normalized spacial score (nSPS) is 14.6. The van der Waals surface area contributed by atoms with Gasteiger partial charge in [0.05, 0.1) is 22.6 Å². The van der Waals surface area contributed by atoms with E-state index < -0.39 is 10.0 Å². The molecule has 1 aliphatic rings. The number of nitrogens with zero attached hydrogens (tertiary/aromatic N) is 2. The SMILES string of the molecule is Cc1noc(C)c1COc1ccc(CC(=O)Nc2ccc(S(=O)(=O)N3CCCCC3)cc2)cc1. The van der Waals surface area contributed by atoms with Crippen LogP contribution >= 0.6 is 0 Å². The molecular weight excluding hydrogens is 454 g/mol. The predicted molar refractivity (Wildman–Crippen MR) is 128 cm³/mol. The van der Waals surface area contributed by atoms with Crippen molar-refractivity contribution in [3.63, 3.8) is 0 Å². The van der Waals surface area contributed by atoms with Gasteiger partial charge in [-0.1, -0.05) is 23.7 Å². The third kappa shape index (κ3) is 5.66. The summed E-state index contributed by atoms with van der Waals surface area (Å²) in [5.41, 5.74) is 3.13. The monoisotopic (exact) mass is 483 g/mol. The van der Waals surface area contributed by atoms with Gasteiger partial charge in [0.25, 0.3) is 0 Å². The summed E-state index contributed by atoms with van der Waals surface area (Å²) in [7, 11) is -3.48. The Balaban J connectivity index is 1.30. The van der Waals surface area contributed by atoms with Crippen molar-refractivity contribution in [3.05, 3.63) is 71.1 Å². The molecule has 1 saturated heterocycles. The summed E-state index contributed by atoms with van der Waals surface area (Å²) < 4.78 is 38.0. The highest BCUT2D eigenvalue weighted by molar-refractivity contribution is 7.89. The minimum absolute atomic E-state index is 0.184. The van der Waals surface area contributed by atoms with Gasteiger partial charge >= 0.3 is 0 Å². The Morgan fingerprint density at radius 1 is 1.03 bits per heavy atom. The first-order chi connectivity index (χ1) is 16.3. The van der Waals surface area contributed by atoms with Crippen molar-refractivity contribution in [2.24, 2.45) is 0 Å². The van der Waals surface area contributed by atoms with E-state index >= 15 is 0 Å². The maximum absolute atomic E-state index is 12.8. The standard InChI is InChI=1S/C25H29N3O5S/c1-18-24(19(2)33-27-18)17-32-22-10-6-20(7-11-22)16-25(29)26-21-8-12-23(13-9-21)34(30,31)28-14-4-3-5-15-28/h6-13H,3-5,14-17H2,1-2H3,(H,26,29). The molecule has 0 aliphatic carbocycles. The zero-order valence-corrected chi connectivity index (χ0v) is 20.2. The lowest BCUT2D eigenvalue weighted by atomic mass is 10.1. The van der Waals surface area contributed by atoms with Crippen molar-refractivity contribution in [1.29, 1.82) is 0 Å². The molecule has 0 bridgehead atoms. The highest BCUT2D eigenvalue weighted by atomic mass is 32.2. The number of amides is 1. The van der Waals surface area contributed by atoms with Crippen LogP contribution in [0, 0.1) is 13.8 Å². The predicted octanol–water partition coefficient (Wildman–Crippen LogP) is 4.23. The van der Waals surface area contributed by atoms with Gasteiger partial charge in [0.15, 0.2) is 0 Å². The average Bonchev–Trinajstić information content (AvgIpc) is 3.16. The first-order valence-corrected chi connectivity index (χ1v) is 12.8. The molecule has 0 spiro atoms. The lowest BCUT2D eigenvalue weighted by molar-refractivity contribution is -0.115. The summed E-state index contributed by atoms with van der Waals surface area (Å²) in [6, 6.07) is 13.7. The quantitative estimate of drug-likeness (QED) is 0.515. The van der Waals surface area contributed by atoms with Crippen molar-refractivity contribution in [2.75, 3.05) is 18.4 Å². The van der Waals surface area contributed by atoms with Crippen LogP contribution < -0.4 is 10.1 Å². The molecule has 0 unspecified atom stereocenters. The average molecular weight is 484 g/mol. The Labute approximate surface area is 200 Å². The van der Waals surface area contributed by atoms with Crippen LogP contribution in [0.2, 0.25) is 0 Å². The first kappa shape index (κ1) is 24.0. The molecular formula is C25H29N3O5S. The molecule has 3 aromatic rings. The van der Waals surface area contributed by atoms with Gasteiger partial charge in [-0.15, -0.1) is 0 Å². The molecule has 0 atom stereocenters. The largest absolute Gasteiger partial charge is 0.489 e. The minimum atomic E-state index is -3.48. The zero-order chi connectivity index (χ0) is 24.1. The Morgan fingerprint density at radius 2 is 1.71 bits per heavy atom. The number of nitrogens with one attached hydrogen (secondary N) is 1. The fourth-order valence-electron chi connectivity index (χ4n) is 3.92. The number of hydrogen-bond acceptors (Lipinski definition) is 6. The number of rotatable bonds is 8. The van der Waals surface area contributed by atoms with E-state index in [1.165, 1.54) is 4.31 Å².